The minimum atomic E-state index is -0.644. The number of fused-ring (bicyclic) bond motifs is 1. The summed E-state index contributed by atoms with van der Waals surface area (Å²) >= 11 is 1.38. The molecule has 0 fully saturated rings. The summed E-state index contributed by atoms with van der Waals surface area (Å²) in [5.41, 5.74) is 7.69. The first kappa shape index (κ1) is 19.9. The maximum Gasteiger partial charge on any atom is 0.341 e. The Hall–Kier alpha value is -2.87. The van der Waals surface area contributed by atoms with E-state index in [1.165, 1.54) is 24.5 Å². The van der Waals surface area contributed by atoms with E-state index in [1.807, 2.05) is 0 Å². The average Bonchev–Trinajstić information content (AvgIpc) is 3.02. The van der Waals surface area contributed by atoms with Gasteiger partial charge in [-0.15, -0.1) is 11.3 Å². The second kappa shape index (κ2) is 8.43. The molecule has 8 heteroatoms. The zero-order valence-corrected chi connectivity index (χ0v) is 16.6. The lowest BCUT2D eigenvalue weighted by atomic mass is 9.88. The normalized spacial score (nSPS) is 15.4. The fraction of sp³-hybridized carbons (Fsp3) is 0.350. The molecule has 1 aliphatic rings. The number of esters is 2. The van der Waals surface area contributed by atoms with Crippen LogP contribution in [0.25, 0.3) is 0 Å². The Morgan fingerprint density at radius 3 is 2.79 bits per heavy atom. The molecular weight excluding hydrogens is 380 g/mol. The van der Waals surface area contributed by atoms with Crippen LogP contribution in [-0.4, -0.2) is 31.6 Å². The standard InChI is InChI=1S/C20H22N2O5S/c1-11-6-7-14-15(8-11)28-18(17(14)20(25)26-2)22-16(23)10-27-19(24)12-4-3-5-13(21)9-12/h3-5,9,11H,6-8,10,21H2,1-2H3,(H,22,23). The molecule has 1 aliphatic carbocycles. The maximum absolute atomic E-state index is 12.3. The van der Waals surface area contributed by atoms with E-state index < -0.39 is 24.5 Å². The van der Waals surface area contributed by atoms with Crippen molar-refractivity contribution >= 4 is 39.9 Å². The number of carbonyl (C=O) groups is 3. The summed E-state index contributed by atoms with van der Waals surface area (Å²) in [5.74, 6) is -1.11. The molecule has 3 rings (SSSR count). The Bertz CT molecular complexity index is 921. The molecule has 28 heavy (non-hydrogen) atoms. The lowest BCUT2D eigenvalue weighted by molar-refractivity contribution is -0.119. The molecule has 148 valence electrons. The summed E-state index contributed by atoms with van der Waals surface area (Å²) in [7, 11) is 1.32. The van der Waals surface area contributed by atoms with E-state index >= 15 is 0 Å². The third-order valence-electron chi connectivity index (χ3n) is 4.61. The zero-order chi connectivity index (χ0) is 20.3. The van der Waals surface area contributed by atoms with Crippen molar-refractivity contribution in [1.82, 2.24) is 0 Å². The number of hydrogen-bond donors (Lipinski definition) is 2. The summed E-state index contributed by atoms with van der Waals surface area (Å²) in [4.78, 5) is 37.7. The van der Waals surface area contributed by atoms with Crippen LogP contribution < -0.4 is 11.1 Å². The molecule has 0 radical (unpaired) electrons. The number of thiophene rings is 1. The molecule has 1 unspecified atom stereocenters. The van der Waals surface area contributed by atoms with Gasteiger partial charge in [0.1, 0.15) is 5.00 Å². The van der Waals surface area contributed by atoms with Crippen LogP contribution in [0.4, 0.5) is 10.7 Å². The Labute approximate surface area is 166 Å². The molecule has 1 heterocycles. The number of rotatable bonds is 5. The van der Waals surface area contributed by atoms with Crippen LogP contribution in [0.2, 0.25) is 0 Å². The van der Waals surface area contributed by atoms with Gasteiger partial charge < -0.3 is 20.5 Å². The Kier molecular flexibility index (Phi) is 5.99. The van der Waals surface area contributed by atoms with Gasteiger partial charge in [-0.05, 0) is 48.9 Å². The van der Waals surface area contributed by atoms with Gasteiger partial charge in [0.25, 0.3) is 5.91 Å². The van der Waals surface area contributed by atoms with Crippen molar-refractivity contribution in [3.05, 3.63) is 45.8 Å². The molecular formula is C20H22N2O5S. The van der Waals surface area contributed by atoms with E-state index in [2.05, 4.69) is 12.2 Å². The number of benzene rings is 1. The van der Waals surface area contributed by atoms with E-state index in [-0.39, 0.29) is 5.56 Å². The number of amides is 1. The van der Waals surface area contributed by atoms with E-state index in [4.69, 9.17) is 15.2 Å². The van der Waals surface area contributed by atoms with Crippen molar-refractivity contribution in [2.24, 2.45) is 5.92 Å². The van der Waals surface area contributed by atoms with Crippen molar-refractivity contribution in [3.63, 3.8) is 0 Å². The molecule has 0 aliphatic heterocycles. The highest BCUT2D eigenvalue weighted by atomic mass is 32.1. The molecule has 3 N–H and O–H groups in total. The first-order valence-corrected chi connectivity index (χ1v) is 9.76. The highest BCUT2D eigenvalue weighted by Crippen LogP contribution is 2.40. The fourth-order valence-corrected chi connectivity index (χ4v) is 4.61. The molecule has 0 bridgehead atoms. The first-order chi connectivity index (χ1) is 13.4. The van der Waals surface area contributed by atoms with E-state index in [9.17, 15) is 14.4 Å². The van der Waals surface area contributed by atoms with Crippen LogP contribution in [0.15, 0.2) is 24.3 Å². The number of carbonyl (C=O) groups excluding carboxylic acids is 3. The molecule has 0 saturated carbocycles. The summed E-state index contributed by atoms with van der Waals surface area (Å²) < 4.78 is 9.94. The van der Waals surface area contributed by atoms with Gasteiger partial charge in [-0.1, -0.05) is 13.0 Å². The average molecular weight is 402 g/mol. The van der Waals surface area contributed by atoms with Gasteiger partial charge in [0.15, 0.2) is 6.61 Å². The van der Waals surface area contributed by atoms with E-state index in [0.717, 1.165) is 29.7 Å². The molecule has 7 nitrogen and oxygen atoms in total. The summed E-state index contributed by atoms with van der Waals surface area (Å²) in [6.45, 7) is 1.70. The number of hydrogen-bond acceptors (Lipinski definition) is 7. The highest BCUT2D eigenvalue weighted by Gasteiger charge is 2.29. The van der Waals surface area contributed by atoms with Crippen LogP contribution in [-0.2, 0) is 27.1 Å². The van der Waals surface area contributed by atoms with Crippen LogP contribution in [0.5, 0.6) is 0 Å². The van der Waals surface area contributed by atoms with Crippen molar-refractivity contribution in [1.29, 1.82) is 0 Å². The number of nitrogens with one attached hydrogen (secondary N) is 1. The van der Waals surface area contributed by atoms with Gasteiger partial charge in [0, 0.05) is 10.6 Å². The van der Waals surface area contributed by atoms with Crippen molar-refractivity contribution < 1.29 is 23.9 Å². The molecule has 1 atom stereocenters. The first-order valence-electron chi connectivity index (χ1n) is 8.94. The molecule has 1 aromatic heterocycles. The van der Waals surface area contributed by atoms with E-state index in [0.29, 0.717) is 22.2 Å². The fourth-order valence-electron chi connectivity index (χ4n) is 3.20. The Morgan fingerprint density at radius 1 is 1.29 bits per heavy atom. The van der Waals surface area contributed by atoms with Crippen LogP contribution in [0, 0.1) is 5.92 Å². The van der Waals surface area contributed by atoms with Gasteiger partial charge in [-0.25, -0.2) is 9.59 Å². The minimum Gasteiger partial charge on any atom is -0.465 e. The lowest BCUT2D eigenvalue weighted by Gasteiger charge is -2.18. The molecule has 2 aromatic rings. The van der Waals surface area contributed by atoms with Crippen LogP contribution in [0.3, 0.4) is 0 Å². The minimum absolute atomic E-state index is 0.267. The number of anilines is 2. The smallest absolute Gasteiger partial charge is 0.341 e. The second-order valence-electron chi connectivity index (χ2n) is 6.80. The summed E-state index contributed by atoms with van der Waals surface area (Å²) in [6.07, 6.45) is 2.63. The molecule has 0 spiro atoms. The summed E-state index contributed by atoms with van der Waals surface area (Å²) in [5, 5.41) is 3.13. The SMILES string of the molecule is COC(=O)c1c(NC(=O)COC(=O)c2cccc(N)c2)sc2c1CCC(C)C2. The molecule has 1 amide bonds. The zero-order valence-electron chi connectivity index (χ0n) is 15.7. The third-order valence-corrected chi connectivity index (χ3v) is 5.78. The van der Waals surface area contributed by atoms with Crippen molar-refractivity contribution in [3.8, 4) is 0 Å². The van der Waals surface area contributed by atoms with Crippen LogP contribution >= 0.6 is 11.3 Å². The van der Waals surface area contributed by atoms with Gasteiger partial charge >= 0.3 is 11.9 Å². The number of methoxy groups -OCH3 is 1. The largest absolute Gasteiger partial charge is 0.465 e. The van der Waals surface area contributed by atoms with Gasteiger partial charge in [0.2, 0.25) is 0 Å². The second-order valence-corrected chi connectivity index (χ2v) is 7.90. The number of nitrogens with two attached hydrogens (primary N) is 1. The number of ether oxygens (including phenoxy) is 2. The summed E-state index contributed by atoms with van der Waals surface area (Å²) in [6, 6.07) is 6.31. The monoisotopic (exact) mass is 402 g/mol. The van der Waals surface area contributed by atoms with Crippen LogP contribution in [0.1, 0.15) is 44.5 Å². The van der Waals surface area contributed by atoms with Gasteiger partial charge in [-0.3, -0.25) is 4.79 Å². The van der Waals surface area contributed by atoms with E-state index in [1.54, 1.807) is 18.2 Å². The lowest BCUT2D eigenvalue weighted by Crippen LogP contribution is -2.22. The topological polar surface area (TPSA) is 108 Å². The molecule has 1 aromatic carbocycles. The maximum atomic E-state index is 12.3. The predicted molar refractivity (Wildman–Crippen MR) is 107 cm³/mol. The Morgan fingerprint density at radius 2 is 2.07 bits per heavy atom. The quantitative estimate of drug-likeness (QED) is 0.588. The third kappa shape index (κ3) is 4.33. The van der Waals surface area contributed by atoms with Gasteiger partial charge in [0.05, 0.1) is 18.2 Å². The Balaban J connectivity index is 1.70. The van der Waals surface area contributed by atoms with Gasteiger partial charge in [-0.2, -0.15) is 0 Å². The highest BCUT2D eigenvalue weighted by molar-refractivity contribution is 7.17. The van der Waals surface area contributed by atoms with Crippen molar-refractivity contribution in [2.75, 3.05) is 24.8 Å². The number of nitrogen functional groups attached to an aromatic ring is 1. The predicted octanol–water partition coefficient (Wildman–Crippen LogP) is 3.04. The van der Waals surface area contributed by atoms with Crippen molar-refractivity contribution in [2.45, 2.75) is 26.2 Å². The molecule has 0 saturated heterocycles.